The Labute approximate surface area is 94.2 Å². The number of hydrogen-bond acceptors (Lipinski definition) is 3. The molecule has 0 radical (unpaired) electrons. The summed E-state index contributed by atoms with van der Waals surface area (Å²) < 4.78 is 5.27. The predicted molar refractivity (Wildman–Crippen MR) is 60.2 cm³/mol. The van der Waals surface area contributed by atoms with E-state index in [-0.39, 0.29) is 5.78 Å². The number of rotatable bonds is 4. The Kier molecular flexibility index (Phi) is 4.12. The van der Waals surface area contributed by atoms with Crippen LogP contribution in [-0.4, -0.2) is 12.4 Å². The Balaban J connectivity index is 2.95. The van der Waals surface area contributed by atoms with E-state index in [0.29, 0.717) is 22.9 Å². The first-order valence-electron chi connectivity index (χ1n) is 4.74. The van der Waals surface area contributed by atoms with Crippen LogP contribution in [0.2, 0.25) is 5.02 Å². The molecule has 0 aliphatic rings. The molecule has 2 N–H and O–H groups in total. The van der Waals surface area contributed by atoms with Crippen molar-refractivity contribution in [3.63, 3.8) is 0 Å². The number of Topliss-reactive ketones (excluding diaryl/α,β-unsaturated/α-hetero) is 1. The van der Waals surface area contributed by atoms with Crippen molar-refractivity contribution in [3.05, 3.63) is 28.8 Å². The number of halogens is 1. The Bertz CT molecular complexity index is 366. The summed E-state index contributed by atoms with van der Waals surface area (Å²) in [6, 6.07) is 4.53. The summed E-state index contributed by atoms with van der Waals surface area (Å²) in [4.78, 5) is 11.1. The lowest BCUT2D eigenvalue weighted by Gasteiger charge is -2.11. The summed E-state index contributed by atoms with van der Waals surface area (Å²) in [5, 5.41) is 0.478. The Morgan fingerprint density at radius 1 is 1.60 bits per heavy atom. The van der Waals surface area contributed by atoms with E-state index >= 15 is 0 Å². The molecular weight excluding hydrogens is 214 g/mol. The maximum Gasteiger partial charge on any atom is 0.150 e. The van der Waals surface area contributed by atoms with Gasteiger partial charge < -0.3 is 10.5 Å². The molecule has 0 aliphatic heterocycles. The minimum absolute atomic E-state index is 0.0878. The molecule has 15 heavy (non-hydrogen) atoms. The van der Waals surface area contributed by atoms with Crippen molar-refractivity contribution in [3.8, 4) is 5.75 Å². The summed E-state index contributed by atoms with van der Waals surface area (Å²) in [7, 11) is 0. The maximum absolute atomic E-state index is 11.1. The van der Waals surface area contributed by atoms with Gasteiger partial charge in [-0.05, 0) is 31.5 Å². The van der Waals surface area contributed by atoms with Crippen LogP contribution in [0.4, 0.5) is 0 Å². The summed E-state index contributed by atoms with van der Waals surface area (Å²) >= 11 is 5.97. The lowest BCUT2D eigenvalue weighted by molar-refractivity contribution is -0.118. The molecule has 1 aromatic rings. The number of ketones is 1. The van der Waals surface area contributed by atoms with Gasteiger partial charge in [0.05, 0.1) is 17.7 Å². The molecule has 1 atom stereocenters. The van der Waals surface area contributed by atoms with Gasteiger partial charge in [0.2, 0.25) is 0 Å². The molecule has 0 bridgehead atoms. The molecule has 0 saturated carbocycles. The van der Waals surface area contributed by atoms with E-state index in [9.17, 15) is 4.79 Å². The fourth-order valence-electron chi connectivity index (χ4n) is 1.22. The second-order valence-corrected chi connectivity index (χ2v) is 3.62. The van der Waals surface area contributed by atoms with E-state index in [1.807, 2.05) is 6.92 Å². The van der Waals surface area contributed by atoms with Crippen molar-refractivity contribution in [1.82, 2.24) is 0 Å². The first kappa shape index (κ1) is 12.0. The fraction of sp³-hybridized carbons (Fsp3) is 0.364. The summed E-state index contributed by atoms with van der Waals surface area (Å²) in [5.41, 5.74) is 6.39. The number of ether oxygens (including phenoxy) is 1. The van der Waals surface area contributed by atoms with Crippen molar-refractivity contribution in [1.29, 1.82) is 0 Å². The lowest BCUT2D eigenvalue weighted by atomic mass is 10.0. The second kappa shape index (κ2) is 5.14. The van der Waals surface area contributed by atoms with Gasteiger partial charge in [-0.25, -0.2) is 0 Å². The van der Waals surface area contributed by atoms with Gasteiger partial charge in [-0.1, -0.05) is 17.7 Å². The molecule has 4 heteroatoms. The van der Waals surface area contributed by atoms with Crippen molar-refractivity contribution in [2.45, 2.75) is 19.9 Å². The number of benzene rings is 1. The third kappa shape index (κ3) is 2.94. The van der Waals surface area contributed by atoms with E-state index in [1.54, 1.807) is 18.2 Å². The van der Waals surface area contributed by atoms with Crippen LogP contribution in [0.5, 0.6) is 5.75 Å². The van der Waals surface area contributed by atoms with Gasteiger partial charge in [-0.2, -0.15) is 0 Å². The van der Waals surface area contributed by atoms with Crippen LogP contribution in [0, 0.1) is 0 Å². The zero-order chi connectivity index (χ0) is 11.4. The van der Waals surface area contributed by atoms with Crippen molar-refractivity contribution < 1.29 is 9.53 Å². The number of hydrogen-bond donors (Lipinski definition) is 1. The van der Waals surface area contributed by atoms with Gasteiger partial charge in [0.1, 0.15) is 5.75 Å². The number of carbonyl (C=O) groups is 1. The first-order valence-corrected chi connectivity index (χ1v) is 5.12. The molecule has 0 fully saturated rings. The quantitative estimate of drug-likeness (QED) is 0.859. The number of carbonyl (C=O) groups excluding carboxylic acids is 1. The smallest absolute Gasteiger partial charge is 0.150 e. The Morgan fingerprint density at radius 2 is 2.27 bits per heavy atom. The van der Waals surface area contributed by atoms with Crippen LogP contribution in [0.3, 0.4) is 0 Å². The summed E-state index contributed by atoms with van der Waals surface area (Å²) in [6.45, 7) is 3.89. The highest BCUT2D eigenvalue weighted by atomic mass is 35.5. The minimum Gasteiger partial charge on any atom is -0.492 e. The largest absolute Gasteiger partial charge is 0.492 e. The Hall–Kier alpha value is -1.06. The van der Waals surface area contributed by atoms with Gasteiger partial charge in [0.15, 0.2) is 5.78 Å². The molecule has 0 amide bonds. The first-order chi connectivity index (χ1) is 7.06. The van der Waals surface area contributed by atoms with Crippen molar-refractivity contribution in [2.24, 2.45) is 5.73 Å². The van der Waals surface area contributed by atoms with Gasteiger partial charge in [-0.15, -0.1) is 0 Å². The van der Waals surface area contributed by atoms with Crippen LogP contribution >= 0.6 is 11.6 Å². The molecule has 1 unspecified atom stereocenters. The van der Waals surface area contributed by atoms with E-state index in [1.165, 1.54) is 6.92 Å². The molecule has 1 aromatic carbocycles. The van der Waals surface area contributed by atoms with E-state index in [0.717, 1.165) is 0 Å². The average molecular weight is 228 g/mol. The minimum atomic E-state index is -0.613. The topological polar surface area (TPSA) is 52.3 Å². The van der Waals surface area contributed by atoms with Gasteiger partial charge in [-0.3, -0.25) is 4.79 Å². The van der Waals surface area contributed by atoms with Gasteiger partial charge in [0.25, 0.3) is 0 Å². The summed E-state index contributed by atoms with van der Waals surface area (Å²) in [5.74, 6) is 0.522. The molecule has 3 nitrogen and oxygen atoms in total. The molecule has 82 valence electrons. The predicted octanol–water partition coefficient (Wildman–Crippen LogP) is 2.33. The zero-order valence-corrected chi connectivity index (χ0v) is 9.54. The van der Waals surface area contributed by atoms with E-state index in [2.05, 4.69) is 0 Å². The lowest BCUT2D eigenvalue weighted by Crippen LogP contribution is -2.18. The highest BCUT2D eigenvalue weighted by Gasteiger charge is 2.12. The second-order valence-electron chi connectivity index (χ2n) is 3.21. The van der Waals surface area contributed by atoms with Gasteiger partial charge >= 0.3 is 0 Å². The average Bonchev–Trinajstić information content (AvgIpc) is 2.20. The molecule has 0 saturated heterocycles. The van der Waals surface area contributed by atoms with Crippen LogP contribution in [-0.2, 0) is 4.79 Å². The molecule has 0 aromatic heterocycles. The zero-order valence-electron chi connectivity index (χ0n) is 8.79. The van der Waals surface area contributed by atoms with Crippen LogP contribution < -0.4 is 10.5 Å². The van der Waals surface area contributed by atoms with Crippen molar-refractivity contribution >= 4 is 17.4 Å². The number of nitrogens with two attached hydrogens (primary N) is 1. The SMILES string of the molecule is CCOc1ccc(C(N)C(C)=O)cc1Cl. The fourth-order valence-corrected chi connectivity index (χ4v) is 1.46. The maximum atomic E-state index is 11.1. The van der Waals surface area contributed by atoms with Crippen LogP contribution in [0.25, 0.3) is 0 Å². The highest BCUT2D eigenvalue weighted by Crippen LogP contribution is 2.27. The molecule has 0 spiro atoms. The molecule has 0 aliphatic carbocycles. The van der Waals surface area contributed by atoms with E-state index < -0.39 is 6.04 Å². The molecule has 0 heterocycles. The van der Waals surface area contributed by atoms with Gasteiger partial charge in [0, 0.05) is 0 Å². The third-order valence-corrected chi connectivity index (χ3v) is 2.35. The standard InChI is InChI=1S/C11H14ClNO2/c1-3-15-10-5-4-8(6-9(10)12)11(13)7(2)14/h4-6,11H,3,13H2,1-2H3. The van der Waals surface area contributed by atoms with E-state index in [4.69, 9.17) is 22.1 Å². The summed E-state index contributed by atoms with van der Waals surface area (Å²) in [6.07, 6.45) is 0. The molecular formula is C11H14ClNO2. The molecule has 1 rings (SSSR count). The van der Waals surface area contributed by atoms with Crippen LogP contribution in [0.15, 0.2) is 18.2 Å². The Morgan fingerprint density at radius 3 is 2.73 bits per heavy atom. The van der Waals surface area contributed by atoms with Crippen LogP contribution in [0.1, 0.15) is 25.5 Å². The monoisotopic (exact) mass is 227 g/mol. The highest BCUT2D eigenvalue weighted by molar-refractivity contribution is 6.32. The normalized spacial score (nSPS) is 12.3. The third-order valence-electron chi connectivity index (χ3n) is 2.05. The van der Waals surface area contributed by atoms with Crippen molar-refractivity contribution in [2.75, 3.05) is 6.61 Å².